The molecule has 0 aromatic heterocycles. The summed E-state index contributed by atoms with van der Waals surface area (Å²) in [5.74, 6) is 317. The summed E-state index contributed by atoms with van der Waals surface area (Å²) in [6.45, 7) is 0. The van der Waals surface area contributed by atoms with E-state index in [9.17, 15) is 0 Å². The molecule has 0 nitrogen and oxygen atoms in total. The van der Waals surface area contributed by atoms with Gasteiger partial charge in [-0.3, -0.25) is 0 Å². The summed E-state index contributed by atoms with van der Waals surface area (Å²) in [4.78, 5) is 0. The van der Waals surface area contributed by atoms with Crippen LogP contribution in [0.5, 0.6) is 0 Å². The molecule has 0 aromatic rings. The van der Waals surface area contributed by atoms with Crippen LogP contribution in [0.4, 0.5) is 0 Å². The largest absolute Gasteiger partial charge is 0 e. The van der Waals surface area contributed by atoms with Crippen molar-refractivity contribution in [3.63, 3.8) is 0 Å². The Bertz CT molecular complexity index is 8650. The number of hydrogen-bond donors (Lipinski definition) is 0. The van der Waals surface area contributed by atoms with E-state index in [0.29, 0.717) is 0 Å². The lowest BCUT2D eigenvalue weighted by Crippen LogP contribution is -1.57. The highest BCUT2D eigenvalue weighted by atomic mass is 13.7. The third-order valence-corrected chi connectivity index (χ3v) is 7.94. The zero-order chi connectivity index (χ0) is 92.5. The Hall–Kier alpha value is -28.6. The van der Waals surface area contributed by atoms with Gasteiger partial charge in [-0.15, -0.1) is 0 Å². The van der Waals surface area contributed by atoms with Crippen molar-refractivity contribution in [2.75, 3.05) is 0 Å². The van der Waals surface area contributed by atoms with Crippen molar-refractivity contribution in [3.8, 4) is 758 Å². The van der Waals surface area contributed by atoms with E-state index < -0.39 is 0 Å². The van der Waals surface area contributed by atoms with Gasteiger partial charge in [-0.1, -0.05) is 0 Å². The van der Waals surface area contributed by atoms with E-state index in [0.717, 1.165) is 0 Å². The van der Waals surface area contributed by atoms with E-state index in [1.807, 2.05) is 11.8 Å². The van der Waals surface area contributed by atoms with Crippen LogP contribution in [0.2, 0.25) is 0 Å². The number of rotatable bonds is 0. The second-order valence-electron chi connectivity index (χ2n) is 16.0. The molecule has 0 spiro atoms. The quantitative estimate of drug-likeness (QED) is 0.309. The lowest BCUT2D eigenvalue weighted by molar-refractivity contribution is 2.31. The highest BCUT2D eigenvalue weighted by molar-refractivity contribution is 5.59. The first-order valence-electron chi connectivity index (χ1n) is 32.2. The minimum absolute atomic E-state index is 1.87. The van der Waals surface area contributed by atoms with Gasteiger partial charge in [0.05, 0.1) is 0 Å². The summed E-state index contributed by atoms with van der Waals surface area (Å²) < 4.78 is 0. The molecule has 0 heterocycles. The van der Waals surface area contributed by atoms with Crippen LogP contribution < -0.4 is 0 Å². The minimum Gasteiger partial charge on any atom is 0 e. The average Bonchev–Trinajstić information content (AvgIpc) is 1.16. The van der Waals surface area contributed by atoms with Crippen LogP contribution in [-0.2, 0) is 0 Å². The summed E-state index contributed by atoms with van der Waals surface area (Å²) in [6, 6.07) is 0. The van der Waals surface area contributed by atoms with Gasteiger partial charge < -0.3 is 0 Å². The van der Waals surface area contributed by atoms with Crippen molar-refractivity contribution in [1.82, 2.24) is 0 Å². The fraction of sp³-hybridized carbons (Fsp3) is 0. The van der Waals surface area contributed by atoms with Gasteiger partial charge in [0.15, 0.2) is 0 Å². The first kappa shape index (κ1) is 101. The van der Waals surface area contributed by atoms with E-state index >= 15 is 0 Å². The van der Waals surface area contributed by atoms with Crippen LogP contribution in [0, 0.1) is 771 Å². The first-order valence-corrected chi connectivity index (χ1v) is 32.2. The minimum atomic E-state index is 1.87. The summed E-state index contributed by atoms with van der Waals surface area (Å²) in [7, 11) is 0. The smallest absolute Gasteiger partial charge is 0 e. The molecule has 0 aromatic carbocycles. The molecule has 0 atom stereocenters. The number of hydrogen-bond acceptors (Lipinski definition) is 0. The van der Waals surface area contributed by atoms with E-state index in [1.165, 1.54) is 0 Å². The van der Waals surface area contributed by atoms with Crippen LogP contribution in [0.1, 0.15) is 0 Å². The summed E-state index contributed by atoms with van der Waals surface area (Å²) >= 11 is 0. The van der Waals surface area contributed by atoms with Gasteiger partial charge in [0.2, 0.25) is 0 Å². The molecule has 0 aliphatic carbocycles. The maximum absolute atomic E-state index is 6.59. The third-order valence-electron chi connectivity index (χ3n) is 7.94. The van der Waals surface area contributed by atoms with Gasteiger partial charge in [-0.25, -0.2) is 0 Å². The van der Waals surface area contributed by atoms with Crippen molar-refractivity contribution in [3.05, 3.63) is 12.8 Å². The molecule has 0 aliphatic rings. The Balaban J connectivity index is 4.65. The average molecular weight is 1560 g/mol. The predicted molar refractivity (Wildman–Crippen MR) is 504 cm³/mol. The molecule has 0 saturated carbocycles. The summed E-state index contributed by atoms with van der Waals surface area (Å²) in [6.07, 6.45) is 13.2. The SMILES string of the molecule is [C]#CC#CC#CC#CC#CC#CC#CC#CC#CC#CC#CC#CC#CC#CC#CC#CC#CC#CC#CC#CC#CC#CC#CC#CC#CC#CC#CC#CC#CC#CC#CC#CC#CC#CC#CC#CC#CC#CC#CC#CC#CC#CC#CC#CC#CC#CC#CC#CC#CC#CC#CC#CC#CC#CC#CC#CC#CC#CC#CC#CC#CC#CC#CC#CC#[C]. The van der Waals surface area contributed by atoms with Crippen molar-refractivity contribution >= 4 is 0 Å². The van der Waals surface area contributed by atoms with Crippen molar-refractivity contribution < 1.29 is 0 Å². The topological polar surface area (TPSA) is 0 Å². The Morgan fingerprint density at radius 1 is 0.0385 bits per heavy atom. The Kier molecular flexibility index (Phi) is 78.3. The molecule has 0 amide bonds. The maximum atomic E-state index is 6.59. The lowest BCUT2D eigenvalue weighted by atomic mass is 10.4. The molecule has 0 saturated heterocycles. The normalized spacial score (nSPS) is 3.95. The second kappa shape index (κ2) is 100. The maximum Gasteiger partial charge on any atom is 0 e. The van der Waals surface area contributed by atoms with Crippen LogP contribution in [-0.4, -0.2) is 0 Å². The van der Waals surface area contributed by atoms with Gasteiger partial charge in [0.1, 0.15) is 0 Å². The van der Waals surface area contributed by atoms with Crippen molar-refractivity contribution in [2.24, 2.45) is 0 Å². The lowest BCUT2D eigenvalue weighted by Gasteiger charge is -1.58. The first-order chi connectivity index (χ1) is 64.9. The molecule has 520 valence electrons. The molecular formula is C130. The Morgan fingerprint density at radius 2 is 0.0615 bits per heavy atom. The zero-order valence-corrected chi connectivity index (χ0v) is 65.0. The van der Waals surface area contributed by atoms with Crippen LogP contribution in [0.15, 0.2) is 0 Å². The van der Waals surface area contributed by atoms with Gasteiger partial charge in [-0.05, 0) is 0 Å². The van der Waals surface area contributed by atoms with Crippen molar-refractivity contribution in [1.29, 1.82) is 0 Å². The molecule has 0 aliphatic heterocycles. The fourth-order valence-electron chi connectivity index (χ4n) is 3.94. The van der Waals surface area contributed by atoms with E-state index in [2.05, 4.69) is 746 Å². The predicted octanol–water partition coefficient (Wildman–Crippen LogP) is 0.380. The highest BCUT2D eigenvalue weighted by Crippen LogP contribution is 1.70. The molecule has 0 rings (SSSR count). The van der Waals surface area contributed by atoms with E-state index in [4.69, 9.17) is 12.8 Å². The fourth-order valence-corrected chi connectivity index (χ4v) is 3.94. The van der Waals surface area contributed by atoms with Gasteiger partial charge in [0.25, 0.3) is 0 Å². The summed E-state index contributed by atoms with van der Waals surface area (Å²) in [5, 5.41) is 0. The third kappa shape index (κ3) is 99.4. The van der Waals surface area contributed by atoms with Gasteiger partial charge in [0, 0.05) is 771 Å². The van der Waals surface area contributed by atoms with E-state index in [-0.39, 0.29) is 0 Å². The van der Waals surface area contributed by atoms with Gasteiger partial charge >= 0.3 is 0 Å². The monoisotopic (exact) mass is 1560 g/mol. The molecule has 0 bridgehead atoms. The molecule has 0 N–H and O–H groups in total. The molecule has 2 radical (unpaired) electrons. The Morgan fingerprint density at radius 3 is 0.0846 bits per heavy atom. The van der Waals surface area contributed by atoms with Gasteiger partial charge in [-0.2, -0.15) is 0 Å². The summed E-state index contributed by atoms with van der Waals surface area (Å²) in [5.41, 5.74) is 0. The standard InChI is InChI=1S/C130/c1-3-5-7-9-11-13-15-17-19-21-23-25-27-29-31-33-35-37-39-41-43-45-47-49-51-53-55-57-59-61-63-65-67-69-71-73-75-77-79-81-83-85-87-89-91-93-95-97-99-101-103-105-107-109-111-113-115-117-119-121-123-125-127-129-130-128-126-124-122-120-118-116-114-112-110-108-106-104-102-100-98-96-94-92-90-88-86-84-82-80-78-76-74-72-70-68-66-64-62-60-58-56-54-52-50-48-46-44-42-40-38-36-34-32-30-28-26-24-22-20-18-16-14-12-10-8-6-4-2. The van der Waals surface area contributed by atoms with E-state index in [1.54, 1.807) is 0 Å². The Labute approximate surface area is 765 Å². The van der Waals surface area contributed by atoms with Crippen LogP contribution in [0.3, 0.4) is 0 Å². The van der Waals surface area contributed by atoms with Crippen molar-refractivity contribution in [2.45, 2.75) is 0 Å². The zero-order valence-electron chi connectivity index (χ0n) is 65.0. The molecular weight excluding hydrogens is 1560 g/mol. The molecule has 0 heteroatoms. The van der Waals surface area contributed by atoms with Crippen LogP contribution in [0.25, 0.3) is 0 Å². The van der Waals surface area contributed by atoms with Crippen LogP contribution >= 0.6 is 0 Å². The molecule has 0 fully saturated rings. The highest BCUT2D eigenvalue weighted by Gasteiger charge is 1.70. The molecule has 0 unspecified atom stereocenters. The second-order valence-corrected chi connectivity index (χ2v) is 16.0. The molecule has 130 heavy (non-hydrogen) atoms.